The van der Waals surface area contributed by atoms with E-state index in [0.717, 1.165) is 24.4 Å². The number of carbonyl (C=O) groups excluding carboxylic acids is 4. The fraction of sp³-hybridized carbons (Fsp3) is 0.647. The molecule has 0 aliphatic carbocycles. The van der Waals surface area contributed by atoms with Crippen LogP contribution < -0.4 is 16.0 Å². The first-order valence-corrected chi connectivity index (χ1v) is 21.1. The van der Waals surface area contributed by atoms with Gasteiger partial charge in [0.15, 0.2) is 0 Å². The summed E-state index contributed by atoms with van der Waals surface area (Å²) in [6, 6.07) is 3.11. The second-order valence-corrected chi connectivity index (χ2v) is 21.2. The van der Waals surface area contributed by atoms with Gasteiger partial charge in [-0.3, -0.25) is 24.4 Å². The van der Waals surface area contributed by atoms with Crippen LogP contribution in [0.1, 0.15) is 79.0 Å². The van der Waals surface area contributed by atoms with Crippen LogP contribution in [0.5, 0.6) is 0 Å². The van der Waals surface area contributed by atoms with Gasteiger partial charge in [-0.2, -0.15) is 0 Å². The minimum absolute atomic E-state index is 0.0135. The fourth-order valence-electron chi connectivity index (χ4n) is 4.35. The van der Waals surface area contributed by atoms with Crippen LogP contribution in [0.4, 0.5) is 4.79 Å². The van der Waals surface area contributed by atoms with Gasteiger partial charge in [-0.1, -0.05) is 59.0 Å². The number of allylic oxidation sites excluding steroid dienone is 1. The number of unbranched alkanes of at least 4 members (excludes halogenated alkanes) is 1. The van der Waals surface area contributed by atoms with Crippen molar-refractivity contribution in [2.45, 2.75) is 123 Å². The Labute approximate surface area is 285 Å². The van der Waals surface area contributed by atoms with Gasteiger partial charge in [0.25, 0.3) is 0 Å². The Hall–Kier alpha value is -3.19. The molecule has 1 aromatic rings. The lowest BCUT2D eigenvalue weighted by Crippen LogP contribution is -2.56. The van der Waals surface area contributed by atoms with E-state index in [1.165, 1.54) is 11.8 Å². The number of hydrogen-bond acceptors (Lipinski definition) is 9. The molecule has 3 amide bonds. The molecule has 47 heavy (non-hydrogen) atoms. The van der Waals surface area contributed by atoms with E-state index in [0.29, 0.717) is 23.1 Å². The second kappa shape index (κ2) is 17.8. The number of carbonyl (C=O) groups is 4. The quantitative estimate of drug-likeness (QED) is 0.115. The Balaban J connectivity index is 2.10. The van der Waals surface area contributed by atoms with E-state index in [4.69, 9.17) is 14.5 Å². The van der Waals surface area contributed by atoms with Crippen molar-refractivity contribution in [2.24, 2.45) is 10.9 Å². The molecule has 1 aliphatic heterocycles. The highest BCUT2D eigenvalue weighted by molar-refractivity contribution is 8.14. The van der Waals surface area contributed by atoms with Gasteiger partial charge in [0.05, 0.1) is 36.4 Å². The van der Waals surface area contributed by atoms with Gasteiger partial charge >= 0.3 is 12.1 Å². The van der Waals surface area contributed by atoms with E-state index in [9.17, 15) is 19.2 Å². The van der Waals surface area contributed by atoms with E-state index >= 15 is 0 Å². The van der Waals surface area contributed by atoms with Crippen LogP contribution in [0.2, 0.25) is 25.7 Å². The molecule has 0 bridgehead atoms. The molecule has 0 saturated heterocycles. The number of rotatable bonds is 16. The van der Waals surface area contributed by atoms with Crippen molar-refractivity contribution in [2.75, 3.05) is 12.4 Å². The van der Waals surface area contributed by atoms with Gasteiger partial charge in [0.2, 0.25) is 11.8 Å². The number of thioether (sulfide) groups is 1. The molecule has 3 atom stereocenters. The molecule has 11 nitrogen and oxygen atoms in total. The molecule has 0 radical (unpaired) electrons. The number of esters is 1. The zero-order valence-corrected chi connectivity index (χ0v) is 31.6. The standard InChI is InChI=1S/C34H55N5O6SSi/c1-11-12-13-14-25(20-27(40)44-17-18-47(8,9)10)37-29(41)28(23(2)3)38-31(42)34(7)22-46-30(39-34)24-15-16-35-26(19-24)21-36-32(43)45-33(4,5)6/h13-16,19,23,25,28H,11-12,17-18,20-22H2,1-10H3,(H,36,43)(H,37,41)(H,38,42)/b14-13+/t25?,28?,34-/m0/s1. The molecule has 0 aromatic carbocycles. The molecule has 3 N–H and O–H groups in total. The summed E-state index contributed by atoms with van der Waals surface area (Å²) in [6.07, 6.45) is 6.65. The zero-order chi connectivity index (χ0) is 35.4. The van der Waals surface area contributed by atoms with E-state index in [1.54, 1.807) is 40.0 Å². The maximum absolute atomic E-state index is 13.6. The summed E-state index contributed by atoms with van der Waals surface area (Å²) in [7, 11) is -1.35. The maximum atomic E-state index is 13.6. The zero-order valence-electron chi connectivity index (χ0n) is 29.8. The number of hydrogen-bond donors (Lipinski definition) is 3. The topological polar surface area (TPSA) is 148 Å². The van der Waals surface area contributed by atoms with E-state index in [1.807, 2.05) is 32.1 Å². The lowest BCUT2D eigenvalue weighted by atomic mass is 9.99. The lowest BCUT2D eigenvalue weighted by molar-refractivity contribution is -0.143. The number of ether oxygens (including phenoxy) is 2. The van der Waals surface area contributed by atoms with Crippen molar-refractivity contribution in [3.05, 3.63) is 41.7 Å². The summed E-state index contributed by atoms with van der Waals surface area (Å²) in [5, 5.41) is 9.26. The maximum Gasteiger partial charge on any atom is 0.407 e. The highest BCUT2D eigenvalue weighted by Gasteiger charge is 2.41. The first-order valence-electron chi connectivity index (χ1n) is 16.4. The molecular weight excluding hydrogens is 635 g/mol. The number of nitrogens with one attached hydrogen (secondary N) is 3. The van der Waals surface area contributed by atoms with E-state index in [2.05, 4.69) is 47.5 Å². The van der Waals surface area contributed by atoms with Crippen LogP contribution in [0, 0.1) is 5.92 Å². The fourth-order valence-corrected chi connectivity index (χ4v) is 6.24. The molecule has 1 aromatic heterocycles. The van der Waals surface area contributed by atoms with Gasteiger partial charge in [-0.25, -0.2) is 4.79 Å². The minimum atomic E-state index is -1.35. The van der Waals surface area contributed by atoms with Crippen molar-refractivity contribution in [3.8, 4) is 0 Å². The number of aliphatic imine (C=N–C) groups is 1. The Kier molecular flexibility index (Phi) is 15.2. The Morgan fingerprint density at radius 3 is 2.47 bits per heavy atom. The number of alkyl carbamates (subject to hydrolysis) is 1. The van der Waals surface area contributed by atoms with E-state index in [-0.39, 0.29) is 36.7 Å². The van der Waals surface area contributed by atoms with Crippen molar-refractivity contribution in [1.82, 2.24) is 20.9 Å². The lowest BCUT2D eigenvalue weighted by Gasteiger charge is -2.27. The van der Waals surface area contributed by atoms with Crippen LogP contribution in [0.15, 0.2) is 35.5 Å². The van der Waals surface area contributed by atoms with Crippen LogP contribution in [-0.2, 0) is 30.4 Å². The summed E-state index contributed by atoms with van der Waals surface area (Å²) in [5.74, 6) is -0.927. The summed E-state index contributed by atoms with van der Waals surface area (Å²) in [5.41, 5.74) is -0.317. The summed E-state index contributed by atoms with van der Waals surface area (Å²) < 4.78 is 10.8. The molecule has 1 aliphatic rings. The number of amides is 3. The average Bonchev–Trinajstić information content (AvgIpc) is 3.36. The predicted molar refractivity (Wildman–Crippen MR) is 191 cm³/mol. The van der Waals surface area contributed by atoms with Crippen molar-refractivity contribution >= 4 is 48.8 Å². The highest BCUT2D eigenvalue weighted by atomic mass is 32.2. The first-order chi connectivity index (χ1) is 21.8. The average molecular weight is 690 g/mol. The van der Waals surface area contributed by atoms with Crippen LogP contribution >= 0.6 is 11.8 Å². The van der Waals surface area contributed by atoms with E-state index < -0.39 is 37.4 Å². The monoisotopic (exact) mass is 689 g/mol. The van der Waals surface area contributed by atoms with Crippen molar-refractivity contribution in [1.29, 1.82) is 0 Å². The summed E-state index contributed by atoms with van der Waals surface area (Å²) >= 11 is 1.44. The van der Waals surface area contributed by atoms with Gasteiger partial charge in [0.1, 0.15) is 17.2 Å². The molecule has 0 spiro atoms. The molecule has 2 heterocycles. The number of aromatic nitrogens is 1. The summed E-state index contributed by atoms with van der Waals surface area (Å²) in [6.45, 7) is 20.1. The van der Waals surface area contributed by atoms with Crippen LogP contribution in [0.3, 0.4) is 0 Å². The van der Waals surface area contributed by atoms with Crippen LogP contribution in [0.25, 0.3) is 0 Å². The predicted octanol–water partition coefficient (Wildman–Crippen LogP) is 5.61. The van der Waals surface area contributed by atoms with Crippen molar-refractivity contribution in [3.63, 3.8) is 0 Å². The SMILES string of the molecule is CCC/C=C/C(CC(=O)OCC[Si](C)(C)C)NC(=O)C(NC(=O)[C@]1(C)CSC(c2ccnc(CNC(=O)OC(C)(C)C)c2)=N1)C(C)C. The molecule has 0 saturated carbocycles. The second-order valence-electron chi connectivity index (χ2n) is 14.6. The Morgan fingerprint density at radius 1 is 1.15 bits per heavy atom. The third kappa shape index (κ3) is 14.6. The minimum Gasteiger partial charge on any atom is -0.466 e. The third-order valence-electron chi connectivity index (χ3n) is 7.09. The molecule has 0 fully saturated rings. The normalized spacial score (nSPS) is 18.0. The first kappa shape index (κ1) is 40.0. The Bertz CT molecular complexity index is 1310. The number of nitrogens with zero attached hydrogens (tertiary/aromatic N) is 2. The molecule has 13 heteroatoms. The summed E-state index contributed by atoms with van der Waals surface area (Å²) in [4.78, 5) is 60.9. The highest BCUT2D eigenvalue weighted by Crippen LogP contribution is 2.31. The van der Waals surface area contributed by atoms with Gasteiger partial charge in [0, 0.05) is 25.6 Å². The smallest absolute Gasteiger partial charge is 0.407 e. The molecule has 262 valence electrons. The van der Waals surface area contributed by atoms with Gasteiger partial charge < -0.3 is 25.4 Å². The van der Waals surface area contributed by atoms with Gasteiger partial charge in [-0.05, 0) is 58.2 Å². The Morgan fingerprint density at radius 2 is 1.85 bits per heavy atom. The third-order valence-corrected chi connectivity index (χ3v) is 10.1. The molecular formula is C34H55N5O6SSi. The largest absolute Gasteiger partial charge is 0.466 e. The molecule has 2 unspecified atom stereocenters. The number of pyridine rings is 1. The van der Waals surface area contributed by atoms with Crippen molar-refractivity contribution < 1.29 is 28.7 Å². The van der Waals surface area contributed by atoms with Crippen LogP contribution in [-0.4, -0.2) is 77.6 Å². The molecule has 2 rings (SSSR count). The van der Waals surface area contributed by atoms with Gasteiger partial charge in [-0.15, -0.1) is 11.8 Å².